The molecule has 0 aromatic carbocycles. The summed E-state index contributed by atoms with van der Waals surface area (Å²) in [6, 6.07) is 8.89. The van der Waals surface area contributed by atoms with Crippen molar-refractivity contribution in [3.63, 3.8) is 0 Å². The van der Waals surface area contributed by atoms with E-state index in [9.17, 15) is 0 Å². The fraction of sp³-hybridized carbons (Fsp3) is 0.529. The van der Waals surface area contributed by atoms with Crippen molar-refractivity contribution in [1.82, 2.24) is 19.7 Å². The Morgan fingerprint density at radius 1 is 1.10 bits per heavy atom. The minimum absolute atomic E-state index is 0.701. The number of likely N-dealkylation sites (tertiary alicyclic amines) is 1. The van der Waals surface area contributed by atoms with E-state index >= 15 is 0 Å². The molecule has 2 aromatic heterocycles. The predicted octanol–water partition coefficient (Wildman–Crippen LogP) is 2.77. The average Bonchev–Trinajstić information content (AvgIpc) is 3.06. The van der Waals surface area contributed by atoms with E-state index in [1.165, 1.54) is 37.9 Å². The van der Waals surface area contributed by atoms with Gasteiger partial charge >= 0.3 is 0 Å². The molecule has 1 saturated heterocycles. The van der Waals surface area contributed by atoms with Gasteiger partial charge in [-0.3, -0.25) is 14.6 Å². The lowest BCUT2D eigenvalue weighted by atomic mass is 9.99. The van der Waals surface area contributed by atoms with E-state index in [0.717, 1.165) is 19.5 Å². The van der Waals surface area contributed by atoms with Crippen LogP contribution in [-0.4, -0.2) is 38.8 Å². The van der Waals surface area contributed by atoms with Crippen LogP contribution in [0.2, 0.25) is 0 Å². The zero-order valence-electron chi connectivity index (χ0n) is 12.6. The SMILES string of the molecule is c1ccc(CCN2CCCC[C@@H]2CCn2cccn2)nc1. The summed E-state index contributed by atoms with van der Waals surface area (Å²) in [5.74, 6) is 0. The summed E-state index contributed by atoms with van der Waals surface area (Å²) >= 11 is 0. The molecule has 1 fully saturated rings. The van der Waals surface area contributed by atoms with Crippen molar-refractivity contribution in [3.05, 3.63) is 48.5 Å². The monoisotopic (exact) mass is 284 g/mol. The Balaban J connectivity index is 1.51. The molecule has 0 radical (unpaired) electrons. The first kappa shape index (κ1) is 14.3. The summed E-state index contributed by atoms with van der Waals surface area (Å²) in [6.45, 7) is 3.38. The maximum absolute atomic E-state index is 4.43. The fourth-order valence-electron chi connectivity index (χ4n) is 3.20. The molecular formula is C17H24N4. The van der Waals surface area contributed by atoms with Crippen molar-refractivity contribution in [3.8, 4) is 0 Å². The van der Waals surface area contributed by atoms with E-state index in [-0.39, 0.29) is 0 Å². The van der Waals surface area contributed by atoms with Crippen LogP contribution in [-0.2, 0) is 13.0 Å². The maximum atomic E-state index is 4.43. The molecule has 0 spiro atoms. The van der Waals surface area contributed by atoms with Gasteiger partial charge in [0.1, 0.15) is 0 Å². The molecule has 0 aliphatic carbocycles. The first-order valence-electron chi connectivity index (χ1n) is 8.03. The lowest BCUT2D eigenvalue weighted by Crippen LogP contribution is -2.41. The Kier molecular flexibility index (Phi) is 5.00. The first-order chi connectivity index (χ1) is 10.4. The van der Waals surface area contributed by atoms with Gasteiger partial charge in [-0.05, 0) is 44.0 Å². The number of nitrogens with zero attached hydrogens (tertiary/aromatic N) is 4. The molecular weight excluding hydrogens is 260 g/mol. The molecule has 1 aliphatic rings. The number of hydrogen-bond donors (Lipinski definition) is 0. The van der Waals surface area contributed by atoms with Gasteiger partial charge in [-0.25, -0.2) is 0 Å². The van der Waals surface area contributed by atoms with Crippen LogP contribution in [0.5, 0.6) is 0 Å². The largest absolute Gasteiger partial charge is 0.300 e. The van der Waals surface area contributed by atoms with Gasteiger partial charge in [0, 0.05) is 49.8 Å². The summed E-state index contributed by atoms with van der Waals surface area (Å²) < 4.78 is 2.05. The highest BCUT2D eigenvalue weighted by Gasteiger charge is 2.21. The Hall–Kier alpha value is -1.68. The molecule has 0 unspecified atom stereocenters. The highest BCUT2D eigenvalue weighted by molar-refractivity contribution is 5.04. The van der Waals surface area contributed by atoms with Crippen LogP contribution < -0.4 is 0 Å². The van der Waals surface area contributed by atoms with Gasteiger partial charge in [0.15, 0.2) is 0 Å². The Morgan fingerprint density at radius 2 is 2.10 bits per heavy atom. The van der Waals surface area contributed by atoms with Gasteiger partial charge in [0.05, 0.1) is 0 Å². The Bertz CT molecular complexity index is 509. The van der Waals surface area contributed by atoms with Crippen LogP contribution in [0.4, 0.5) is 0 Å². The molecule has 0 amide bonds. The summed E-state index contributed by atoms with van der Waals surface area (Å²) in [6.07, 6.45) is 12.1. The number of rotatable bonds is 6. The minimum Gasteiger partial charge on any atom is -0.300 e. The van der Waals surface area contributed by atoms with Gasteiger partial charge in [0.2, 0.25) is 0 Å². The second kappa shape index (κ2) is 7.36. The molecule has 3 heterocycles. The molecule has 0 bridgehead atoms. The normalized spacial score (nSPS) is 19.7. The second-order valence-corrected chi connectivity index (χ2v) is 5.81. The van der Waals surface area contributed by atoms with E-state index in [0.29, 0.717) is 6.04 Å². The summed E-state index contributed by atoms with van der Waals surface area (Å²) in [5.41, 5.74) is 1.20. The molecule has 3 rings (SSSR count). The highest BCUT2D eigenvalue weighted by atomic mass is 15.3. The third-order valence-electron chi connectivity index (χ3n) is 4.38. The summed E-state index contributed by atoms with van der Waals surface area (Å²) in [5, 5.41) is 4.31. The van der Waals surface area contributed by atoms with Crippen LogP contribution in [0.1, 0.15) is 31.4 Å². The molecule has 2 aromatic rings. The van der Waals surface area contributed by atoms with Crippen LogP contribution >= 0.6 is 0 Å². The Morgan fingerprint density at radius 3 is 2.90 bits per heavy atom. The predicted molar refractivity (Wildman–Crippen MR) is 84.0 cm³/mol. The third kappa shape index (κ3) is 4.14. The average molecular weight is 284 g/mol. The minimum atomic E-state index is 0.701. The first-order valence-corrected chi connectivity index (χ1v) is 8.03. The van der Waals surface area contributed by atoms with Crippen molar-refractivity contribution in [1.29, 1.82) is 0 Å². The summed E-state index contributed by atoms with van der Waals surface area (Å²) in [4.78, 5) is 7.09. The van der Waals surface area contributed by atoms with Crippen molar-refractivity contribution in [2.45, 2.75) is 44.7 Å². The van der Waals surface area contributed by atoms with E-state index in [1.807, 2.05) is 29.2 Å². The van der Waals surface area contributed by atoms with Crippen molar-refractivity contribution >= 4 is 0 Å². The second-order valence-electron chi connectivity index (χ2n) is 5.81. The van der Waals surface area contributed by atoms with Crippen LogP contribution in [0, 0.1) is 0 Å². The van der Waals surface area contributed by atoms with Crippen LogP contribution in [0.25, 0.3) is 0 Å². The smallest absolute Gasteiger partial charge is 0.0489 e. The Labute approximate surface area is 126 Å². The molecule has 0 N–H and O–H groups in total. The van der Waals surface area contributed by atoms with Crippen molar-refractivity contribution in [2.24, 2.45) is 0 Å². The molecule has 4 heteroatoms. The number of hydrogen-bond acceptors (Lipinski definition) is 3. The molecule has 1 atom stereocenters. The summed E-state index contributed by atoms with van der Waals surface area (Å²) in [7, 11) is 0. The fourth-order valence-corrected chi connectivity index (χ4v) is 3.20. The zero-order valence-corrected chi connectivity index (χ0v) is 12.6. The van der Waals surface area contributed by atoms with E-state index < -0.39 is 0 Å². The van der Waals surface area contributed by atoms with Crippen LogP contribution in [0.3, 0.4) is 0 Å². The quantitative estimate of drug-likeness (QED) is 0.818. The van der Waals surface area contributed by atoms with E-state index in [1.54, 1.807) is 0 Å². The number of aromatic nitrogens is 3. The maximum Gasteiger partial charge on any atom is 0.0489 e. The van der Waals surface area contributed by atoms with Gasteiger partial charge < -0.3 is 0 Å². The number of piperidine rings is 1. The zero-order chi connectivity index (χ0) is 14.3. The van der Waals surface area contributed by atoms with Gasteiger partial charge in [-0.15, -0.1) is 0 Å². The van der Waals surface area contributed by atoms with Gasteiger partial charge in [-0.2, -0.15) is 5.10 Å². The van der Waals surface area contributed by atoms with E-state index in [4.69, 9.17) is 0 Å². The van der Waals surface area contributed by atoms with Gasteiger partial charge in [-0.1, -0.05) is 12.5 Å². The van der Waals surface area contributed by atoms with Gasteiger partial charge in [0.25, 0.3) is 0 Å². The highest BCUT2D eigenvalue weighted by Crippen LogP contribution is 2.20. The topological polar surface area (TPSA) is 34.0 Å². The van der Waals surface area contributed by atoms with Crippen molar-refractivity contribution < 1.29 is 0 Å². The van der Waals surface area contributed by atoms with E-state index in [2.05, 4.69) is 33.3 Å². The standard InChI is InChI=1S/C17H24N4/c1-3-10-18-16(6-1)8-14-20-12-4-2-7-17(20)9-15-21-13-5-11-19-21/h1,3,5-6,10-11,13,17H,2,4,7-9,12,14-15H2/t17-/m1/s1. The lowest BCUT2D eigenvalue weighted by molar-refractivity contribution is 0.136. The van der Waals surface area contributed by atoms with Crippen LogP contribution in [0.15, 0.2) is 42.9 Å². The third-order valence-corrected chi connectivity index (χ3v) is 4.38. The molecule has 21 heavy (non-hydrogen) atoms. The number of aryl methyl sites for hydroxylation is 1. The lowest BCUT2D eigenvalue weighted by Gasteiger charge is -2.35. The number of pyridine rings is 1. The van der Waals surface area contributed by atoms with Crippen molar-refractivity contribution in [2.75, 3.05) is 13.1 Å². The molecule has 4 nitrogen and oxygen atoms in total. The molecule has 112 valence electrons. The molecule has 1 aliphatic heterocycles. The molecule has 0 saturated carbocycles.